The molecule has 0 aromatic carbocycles. The van der Waals surface area contributed by atoms with E-state index in [1.807, 2.05) is 0 Å². The van der Waals surface area contributed by atoms with Gasteiger partial charge in [0.2, 0.25) is 5.91 Å². The fourth-order valence-corrected chi connectivity index (χ4v) is 12.7. The third-order valence-corrected chi connectivity index (χ3v) is 18.8. The Hall–Kier alpha value is -1.66. The Kier molecular flexibility index (Phi) is 74.3. The highest BCUT2D eigenvalue weighted by Crippen LogP contribution is 2.20. The van der Waals surface area contributed by atoms with E-state index in [1.165, 1.54) is 366 Å². The number of carbonyl (C=O) groups excluding carboxylic acids is 2. The quantitative estimate of drug-likeness (QED) is 0.0320. The standard InChI is InChI=1S/C80H155NO5/c1-3-5-7-9-11-13-15-17-44-48-52-56-60-64-68-72-78(83)77(76-82)81-79(84)73-69-65-61-57-53-49-46-42-40-38-36-34-32-30-28-26-24-22-20-19-21-23-25-27-29-31-33-35-37-39-41-43-47-51-55-59-63-67-71-75-86-80(85)74-70-66-62-58-54-50-45-18-16-14-12-10-8-6-4-2/h12,14,18,45,77-78,82-83H,3-11,13,15-17,19-44,46-76H2,1-2H3,(H,81,84)/b14-12-,45-18-. The number of aliphatic hydroxyl groups excluding tert-OH is 2. The first-order valence-corrected chi connectivity index (χ1v) is 39.6. The van der Waals surface area contributed by atoms with E-state index in [9.17, 15) is 19.8 Å². The minimum Gasteiger partial charge on any atom is -0.466 e. The molecule has 0 aliphatic rings. The summed E-state index contributed by atoms with van der Waals surface area (Å²) in [5.74, 6) is -0.0145. The van der Waals surface area contributed by atoms with Gasteiger partial charge in [0, 0.05) is 12.8 Å². The number of amides is 1. The SMILES string of the molecule is CCCCC/C=C\C/C=C\CCCCCCCC(=O)OCCCCCCCCCCCCCCCCCCCCCCCCCCCCCCCCCCCCCCCCCC(=O)NC(CO)C(O)CCCCCCCCCCCCCCCCC. The number of aliphatic hydroxyl groups is 2. The van der Waals surface area contributed by atoms with Crippen LogP contribution < -0.4 is 5.32 Å². The van der Waals surface area contributed by atoms with Crippen LogP contribution >= 0.6 is 0 Å². The number of ether oxygens (including phenoxy) is 1. The summed E-state index contributed by atoms with van der Waals surface area (Å²) < 4.78 is 5.50. The molecule has 0 aromatic heterocycles. The molecular formula is C80H155NO5. The van der Waals surface area contributed by atoms with Crippen molar-refractivity contribution < 1.29 is 24.5 Å². The molecule has 0 bridgehead atoms. The number of esters is 1. The number of allylic oxidation sites excluding steroid dienone is 4. The Morgan fingerprint density at radius 1 is 0.326 bits per heavy atom. The van der Waals surface area contributed by atoms with Gasteiger partial charge in [-0.1, -0.05) is 404 Å². The lowest BCUT2D eigenvalue weighted by atomic mass is 10.0. The lowest BCUT2D eigenvalue weighted by molar-refractivity contribution is -0.143. The third-order valence-electron chi connectivity index (χ3n) is 18.8. The Morgan fingerprint density at radius 2 is 0.581 bits per heavy atom. The van der Waals surface area contributed by atoms with Crippen LogP contribution in [0.2, 0.25) is 0 Å². The molecule has 86 heavy (non-hydrogen) atoms. The van der Waals surface area contributed by atoms with Crippen molar-refractivity contribution in [3.05, 3.63) is 24.3 Å². The average molecular weight is 1210 g/mol. The fraction of sp³-hybridized carbons (Fsp3) is 0.925. The van der Waals surface area contributed by atoms with E-state index in [4.69, 9.17) is 4.74 Å². The lowest BCUT2D eigenvalue weighted by Crippen LogP contribution is -2.45. The summed E-state index contributed by atoms with van der Waals surface area (Å²) in [6.45, 7) is 4.96. The number of hydrogen-bond acceptors (Lipinski definition) is 5. The number of rotatable bonds is 75. The molecule has 510 valence electrons. The van der Waals surface area contributed by atoms with Crippen LogP contribution in [0.5, 0.6) is 0 Å². The molecule has 6 nitrogen and oxygen atoms in total. The van der Waals surface area contributed by atoms with Gasteiger partial charge in [-0.05, 0) is 57.8 Å². The second-order valence-electron chi connectivity index (χ2n) is 27.4. The molecule has 0 aliphatic carbocycles. The van der Waals surface area contributed by atoms with E-state index in [1.54, 1.807) is 0 Å². The van der Waals surface area contributed by atoms with Gasteiger partial charge in [0.1, 0.15) is 0 Å². The van der Waals surface area contributed by atoms with Gasteiger partial charge in [0.25, 0.3) is 0 Å². The second kappa shape index (κ2) is 75.8. The van der Waals surface area contributed by atoms with Gasteiger partial charge >= 0.3 is 5.97 Å². The maximum atomic E-state index is 12.5. The zero-order chi connectivity index (χ0) is 62.0. The van der Waals surface area contributed by atoms with Crippen LogP contribution in [0.25, 0.3) is 0 Å². The van der Waals surface area contributed by atoms with Crippen LogP contribution in [0.1, 0.15) is 450 Å². The van der Waals surface area contributed by atoms with Crippen molar-refractivity contribution in [1.82, 2.24) is 5.32 Å². The van der Waals surface area contributed by atoms with Crippen LogP contribution in [0, 0.1) is 0 Å². The van der Waals surface area contributed by atoms with E-state index in [0.717, 1.165) is 51.4 Å². The maximum Gasteiger partial charge on any atom is 0.305 e. The third kappa shape index (κ3) is 71.4. The monoisotopic (exact) mass is 1210 g/mol. The minimum absolute atomic E-state index is 0.0107. The Labute approximate surface area is 539 Å². The van der Waals surface area contributed by atoms with Gasteiger partial charge in [-0.15, -0.1) is 0 Å². The Bertz CT molecular complexity index is 1350. The fourth-order valence-electron chi connectivity index (χ4n) is 12.7. The zero-order valence-corrected chi connectivity index (χ0v) is 58.6. The Morgan fingerprint density at radius 3 is 0.907 bits per heavy atom. The van der Waals surface area contributed by atoms with E-state index in [0.29, 0.717) is 25.9 Å². The predicted octanol–water partition coefficient (Wildman–Crippen LogP) is 26.0. The molecule has 2 atom stereocenters. The highest BCUT2D eigenvalue weighted by atomic mass is 16.5. The maximum absolute atomic E-state index is 12.5. The van der Waals surface area contributed by atoms with Crippen LogP contribution in [-0.2, 0) is 14.3 Å². The molecule has 1 amide bonds. The van der Waals surface area contributed by atoms with E-state index in [2.05, 4.69) is 43.5 Å². The van der Waals surface area contributed by atoms with Crippen LogP contribution in [-0.4, -0.2) is 47.4 Å². The summed E-state index contributed by atoms with van der Waals surface area (Å²) in [7, 11) is 0. The highest BCUT2D eigenvalue weighted by molar-refractivity contribution is 5.76. The van der Waals surface area contributed by atoms with Crippen molar-refractivity contribution in [2.75, 3.05) is 13.2 Å². The minimum atomic E-state index is -0.659. The zero-order valence-electron chi connectivity index (χ0n) is 58.6. The molecule has 0 spiro atoms. The van der Waals surface area contributed by atoms with Crippen molar-refractivity contribution in [1.29, 1.82) is 0 Å². The predicted molar refractivity (Wildman–Crippen MR) is 380 cm³/mol. The van der Waals surface area contributed by atoms with E-state index >= 15 is 0 Å². The van der Waals surface area contributed by atoms with Gasteiger partial charge < -0.3 is 20.3 Å². The summed E-state index contributed by atoms with van der Waals surface area (Å²) in [4.78, 5) is 24.6. The molecular weight excluding hydrogens is 1050 g/mol. The summed E-state index contributed by atoms with van der Waals surface area (Å²) in [6, 6.07) is -0.536. The lowest BCUT2D eigenvalue weighted by Gasteiger charge is -2.22. The number of nitrogens with one attached hydrogen (secondary N) is 1. The molecule has 6 heteroatoms. The highest BCUT2D eigenvalue weighted by Gasteiger charge is 2.20. The first-order valence-electron chi connectivity index (χ1n) is 39.6. The van der Waals surface area contributed by atoms with Crippen LogP contribution in [0.4, 0.5) is 0 Å². The molecule has 0 saturated heterocycles. The molecule has 0 radical (unpaired) electrons. The molecule has 0 rings (SSSR count). The topological polar surface area (TPSA) is 95.9 Å². The first-order chi connectivity index (χ1) is 42.5. The smallest absolute Gasteiger partial charge is 0.305 e. The van der Waals surface area contributed by atoms with Crippen molar-refractivity contribution >= 4 is 11.9 Å². The number of unbranched alkanes of at least 4 members (excludes halogenated alkanes) is 60. The Balaban J connectivity index is 3.28. The summed E-state index contributed by atoms with van der Waals surface area (Å²) >= 11 is 0. The average Bonchev–Trinajstić information content (AvgIpc) is 3.54. The van der Waals surface area contributed by atoms with E-state index in [-0.39, 0.29) is 18.5 Å². The van der Waals surface area contributed by atoms with Crippen molar-refractivity contribution in [2.45, 2.75) is 463 Å². The van der Waals surface area contributed by atoms with E-state index < -0.39 is 12.1 Å². The van der Waals surface area contributed by atoms with Crippen molar-refractivity contribution in [2.24, 2.45) is 0 Å². The van der Waals surface area contributed by atoms with Gasteiger partial charge in [-0.3, -0.25) is 9.59 Å². The second-order valence-corrected chi connectivity index (χ2v) is 27.4. The first kappa shape index (κ1) is 84.3. The molecule has 0 saturated carbocycles. The van der Waals surface area contributed by atoms with Crippen molar-refractivity contribution in [3.63, 3.8) is 0 Å². The van der Waals surface area contributed by atoms with Gasteiger partial charge in [-0.25, -0.2) is 0 Å². The summed E-state index contributed by atoms with van der Waals surface area (Å²) in [5, 5.41) is 23.4. The molecule has 0 aliphatic heterocycles. The largest absolute Gasteiger partial charge is 0.466 e. The summed E-state index contributed by atoms with van der Waals surface area (Å²) in [5.41, 5.74) is 0. The summed E-state index contributed by atoms with van der Waals surface area (Å²) in [6.07, 6.45) is 97.1. The van der Waals surface area contributed by atoms with Crippen molar-refractivity contribution in [3.8, 4) is 0 Å². The van der Waals surface area contributed by atoms with Gasteiger partial charge in [-0.2, -0.15) is 0 Å². The molecule has 2 unspecified atom stereocenters. The van der Waals surface area contributed by atoms with Gasteiger partial charge in [0.05, 0.1) is 25.4 Å². The number of carbonyl (C=O) groups is 2. The van der Waals surface area contributed by atoms with Crippen LogP contribution in [0.3, 0.4) is 0 Å². The normalized spacial score (nSPS) is 12.6. The molecule has 0 aromatic rings. The molecule has 3 N–H and O–H groups in total. The number of hydrogen-bond donors (Lipinski definition) is 3. The molecule has 0 heterocycles. The van der Waals surface area contributed by atoms with Crippen LogP contribution in [0.15, 0.2) is 24.3 Å². The molecule has 0 fully saturated rings. The van der Waals surface area contributed by atoms with Gasteiger partial charge in [0.15, 0.2) is 0 Å².